The molecule has 0 spiro atoms. The molecule has 1 aromatic heterocycles. The Balaban J connectivity index is 0.000000480. The van der Waals surface area contributed by atoms with Crippen LogP contribution in [0.2, 0.25) is 0 Å². The van der Waals surface area contributed by atoms with E-state index in [1.165, 1.54) is 38.5 Å². The van der Waals surface area contributed by atoms with Crippen molar-refractivity contribution in [3.8, 4) is 0 Å². The highest BCUT2D eigenvalue weighted by Crippen LogP contribution is 2.24. The lowest BCUT2D eigenvalue weighted by molar-refractivity contribution is -0.192. The number of aryl methyl sites for hydroxylation is 2. The highest BCUT2D eigenvalue weighted by atomic mass is 19.4. The van der Waals surface area contributed by atoms with Crippen LogP contribution in [0.4, 0.5) is 23.9 Å². The van der Waals surface area contributed by atoms with E-state index in [9.17, 15) is 18.0 Å². The van der Waals surface area contributed by atoms with E-state index in [0.717, 1.165) is 31.1 Å². The third-order valence-corrected chi connectivity index (χ3v) is 4.45. The molecule has 1 aliphatic rings. The molecule has 3 N–H and O–H groups in total. The van der Waals surface area contributed by atoms with E-state index in [4.69, 9.17) is 9.90 Å². The van der Waals surface area contributed by atoms with Crippen molar-refractivity contribution in [1.29, 1.82) is 0 Å². The van der Waals surface area contributed by atoms with E-state index < -0.39 is 12.1 Å². The average Bonchev–Trinajstić information content (AvgIpc) is 2.80. The molecule has 2 rings (SSSR count). The summed E-state index contributed by atoms with van der Waals surface area (Å²) in [4.78, 5) is 25.0. The maximum absolute atomic E-state index is 11.8. The van der Waals surface area contributed by atoms with Gasteiger partial charge in [0.25, 0.3) is 0 Å². The summed E-state index contributed by atoms with van der Waals surface area (Å²) in [5.41, 5.74) is 0. The van der Waals surface area contributed by atoms with Crippen LogP contribution in [0, 0.1) is 5.92 Å². The smallest absolute Gasteiger partial charge is 0.475 e. The topological polar surface area (TPSA) is 109 Å². The van der Waals surface area contributed by atoms with E-state index in [0.29, 0.717) is 5.95 Å². The molecule has 28 heavy (non-hydrogen) atoms. The fraction of sp³-hybridized carbons (Fsp3) is 0.765. The van der Waals surface area contributed by atoms with Crippen LogP contribution >= 0.6 is 0 Å². The number of aromatic nitrogens is 3. The van der Waals surface area contributed by atoms with Gasteiger partial charge >= 0.3 is 18.2 Å². The van der Waals surface area contributed by atoms with Crippen molar-refractivity contribution in [2.45, 2.75) is 64.5 Å². The summed E-state index contributed by atoms with van der Waals surface area (Å²) in [5.74, 6) is -0.745. The van der Waals surface area contributed by atoms with E-state index in [-0.39, 0.29) is 6.03 Å². The number of urea groups is 1. The Morgan fingerprint density at radius 1 is 1.21 bits per heavy atom. The molecular formula is C17H28F3N5O3. The maximum Gasteiger partial charge on any atom is 0.490 e. The first kappa shape index (κ1) is 23.7. The summed E-state index contributed by atoms with van der Waals surface area (Å²) in [6, 6.07) is -0.211. The van der Waals surface area contributed by atoms with Crippen LogP contribution in [-0.4, -0.2) is 44.6 Å². The molecule has 0 atom stereocenters. The van der Waals surface area contributed by atoms with Gasteiger partial charge < -0.3 is 10.4 Å². The summed E-state index contributed by atoms with van der Waals surface area (Å²) >= 11 is 0. The number of rotatable bonds is 5. The Morgan fingerprint density at radius 3 is 2.25 bits per heavy atom. The molecule has 8 nitrogen and oxygen atoms in total. The predicted octanol–water partition coefficient (Wildman–Crippen LogP) is 3.49. The van der Waals surface area contributed by atoms with Crippen LogP contribution in [0.25, 0.3) is 0 Å². The Bertz CT molecular complexity index is 626. The second-order valence-electron chi connectivity index (χ2n) is 6.66. The van der Waals surface area contributed by atoms with Gasteiger partial charge in [-0.3, -0.25) is 10.00 Å². The molecule has 1 heterocycles. The molecule has 1 aromatic rings. The van der Waals surface area contributed by atoms with Gasteiger partial charge in [-0.05, 0) is 12.3 Å². The zero-order valence-electron chi connectivity index (χ0n) is 16.2. The minimum absolute atomic E-state index is 0.211. The number of nitrogens with one attached hydrogen (secondary N) is 2. The van der Waals surface area contributed by atoms with Gasteiger partial charge in [0, 0.05) is 20.0 Å². The number of carboxylic acid groups (broad SMARTS) is 1. The van der Waals surface area contributed by atoms with Crippen molar-refractivity contribution in [1.82, 2.24) is 20.1 Å². The number of anilines is 1. The molecule has 0 saturated heterocycles. The fourth-order valence-electron chi connectivity index (χ4n) is 2.97. The SMILES string of the molecule is CCc1nc(NC(=O)NCCC2CCCCCC2)nn1C.O=C(O)C(F)(F)F. The lowest BCUT2D eigenvalue weighted by Crippen LogP contribution is -2.31. The van der Waals surface area contributed by atoms with Crippen LogP contribution in [0.5, 0.6) is 0 Å². The number of hydrogen-bond donors (Lipinski definition) is 3. The van der Waals surface area contributed by atoms with Crippen molar-refractivity contribution in [3.63, 3.8) is 0 Å². The first-order chi connectivity index (χ1) is 13.1. The molecular weight excluding hydrogens is 379 g/mol. The number of carboxylic acids is 1. The van der Waals surface area contributed by atoms with Gasteiger partial charge in [0.1, 0.15) is 5.82 Å². The average molecular weight is 407 g/mol. The molecule has 1 saturated carbocycles. The first-order valence-electron chi connectivity index (χ1n) is 9.38. The van der Waals surface area contributed by atoms with E-state index in [1.54, 1.807) is 4.68 Å². The zero-order chi connectivity index (χ0) is 21.2. The van der Waals surface area contributed by atoms with Crippen molar-refractivity contribution >= 4 is 17.9 Å². The second kappa shape index (κ2) is 11.5. The molecule has 0 aliphatic heterocycles. The normalized spacial score (nSPS) is 15.2. The number of carbonyl (C=O) groups excluding carboxylic acids is 1. The molecule has 1 fully saturated rings. The number of alkyl halides is 3. The van der Waals surface area contributed by atoms with Crippen LogP contribution in [0.3, 0.4) is 0 Å². The number of carbonyl (C=O) groups is 2. The summed E-state index contributed by atoms with van der Waals surface area (Å²) in [6.07, 6.45) is 4.84. The lowest BCUT2D eigenvalue weighted by atomic mass is 9.97. The minimum atomic E-state index is -5.08. The largest absolute Gasteiger partial charge is 0.490 e. The second-order valence-corrected chi connectivity index (χ2v) is 6.66. The van der Waals surface area contributed by atoms with Gasteiger partial charge in [-0.25, -0.2) is 9.59 Å². The first-order valence-corrected chi connectivity index (χ1v) is 9.38. The summed E-state index contributed by atoms with van der Waals surface area (Å²) in [5, 5.41) is 16.9. The number of aliphatic carboxylic acids is 1. The molecule has 160 valence electrons. The molecule has 0 radical (unpaired) electrons. The van der Waals surface area contributed by atoms with Crippen molar-refractivity contribution in [2.75, 3.05) is 11.9 Å². The number of nitrogens with zero attached hydrogens (tertiary/aromatic N) is 3. The summed E-state index contributed by atoms with van der Waals surface area (Å²) in [7, 11) is 1.83. The van der Waals surface area contributed by atoms with Crippen molar-refractivity contribution in [2.24, 2.45) is 13.0 Å². The molecule has 0 bridgehead atoms. The molecule has 11 heteroatoms. The summed E-state index contributed by atoms with van der Waals surface area (Å²) < 4.78 is 33.4. The maximum atomic E-state index is 11.8. The number of hydrogen-bond acceptors (Lipinski definition) is 4. The lowest BCUT2D eigenvalue weighted by Gasteiger charge is -2.13. The van der Waals surface area contributed by atoms with Gasteiger partial charge in [-0.15, -0.1) is 5.10 Å². The Morgan fingerprint density at radius 2 is 1.79 bits per heavy atom. The van der Waals surface area contributed by atoms with Gasteiger partial charge in [-0.1, -0.05) is 45.4 Å². The Kier molecular flexibility index (Phi) is 9.74. The van der Waals surface area contributed by atoms with Gasteiger partial charge in [0.15, 0.2) is 0 Å². The molecule has 0 aromatic carbocycles. The van der Waals surface area contributed by atoms with Crippen LogP contribution in [0.15, 0.2) is 0 Å². The quantitative estimate of drug-likeness (QED) is 0.648. The number of halogens is 3. The van der Waals surface area contributed by atoms with E-state index in [1.807, 2.05) is 14.0 Å². The third-order valence-electron chi connectivity index (χ3n) is 4.45. The van der Waals surface area contributed by atoms with Gasteiger partial charge in [0.05, 0.1) is 0 Å². The monoisotopic (exact) mass is 407 g/mol. The highest BCUT2D eigenvalue weighted by molar-refractivity contribution is 5.87. The molecule has 1 aliphatic carbocycles. The molecule has 0 unspecified atom stereocenters. The van der Waals surface area contributed by atoms with Gasteiger partial charge in [-0.2, -0.15) is 18.2 Å². The third kappa shape index (κ3) is 9.05. The minimum Gasteiger partial charge on any atom is -0.475 e. The highest BCUT2D eigenvalue weighted by Gasteiger charge is 2.38. The van der Waals surface area contributed by atoms with E-state index in [2.05, 4.69) is 20.7 Å². The van der Waals surface area contributed by atoms with E-state index >= 15 is 0 Å². The van der Waals surface area contributed by atoms with Crippen molar-refractivity contribution in [3.05, 3.63) is 5.82 Å². The Hall–Kier alpha value is -2.33. The van der Waals surface area contributed by atoms with Crippen LogP contribution < -0.4 is 10.6 Å². The van der Waals surface area contributed by atoms with Gasteiger partial charge in [0.2, 0.25) is 5.95 Å². The Labute approximate surface area is 161 Å². The van der Waals surface area contributed by atoms with Crippen LogP contribution in [-0.2, 0) is 18.3 Å². The van der Waals surface area contributed by atoms with Crippen LogP contribution in [0.1, 0.15) is 57.7 Å². The fourth-order valence-corrected chi connectivity index (χ4v) is 2.97. The van der Waals surface area contributed by atoms with Crippen molar-refractivity contribution < 1.29 is 27.9 Å². The summed E-state index contributed by atoms with van der Waals surface area (Å²) in [6.45, 7) is 2.74. The predicted molar refractivity (Wildman–Crippen MR) is 96.9 cm³/mol. The molecule has 2 amide bonds. The number of amides is 2. The zero-order valence-corrected chi connectivity index (χ0v) is 16.2. The standard InChI is InChI=1S/C15H27N5O.C2HF3O2/c1-3-13-17-14(19-20(13)2)18-15(21)16-11-10-12-8-6-4-5-7-9-12;3-2(4,5)1(6)7/h12H,3-11H2,1-2H3,(H2,16,18,19,21);(H,6,7).